The molecule has 0 amide bonds. The molecule has 0 aliphatic carbocycles. The van der Waals surface area contributed by atoms with Crippen molar-refractivity contribution in [2.24, 2.45) is 29.6 Å². The molecule has 0 aromatic heterocycles. The third kappa shape index (κ3) is 10.5. The van der Waals surface area contributed by atoms with Gasteiger partial charge >= 0.3 is 11.9 Å². The Bertz CT molecular complexity index is 1220. The quantitative estimate of drug-likeness (QED) is 0.263. The number of rotatable bonds is 8. The molecule has 18 atom stereocenters. The van der Waals surface area contributed by atoms with E-state index in [1.807, 2.05) is 46.7 Å². The van der Waals surface area contributed by atoms with Gasteiger partial charge in [0.25, 0.3) is 0 Å². The molecule has 0 spiro atoms. The van der Waals surface area contributed by atoms with Crippen LogP contribution in [0.25, 0.3) is 0 Å². The summed E-state index contributed by atoms with van der Waals surface area (Å²) >= 11 is 0. The summed E-state index contributed by atoms with van der Waals surface area (Å²) in [6.45, 7) is 17.6. The lowest BCUT2D eigenvalue weighted by Gasteiger charge is -2.49. The van der Waals surface area contributed by atoms with E-state index in [0.717, 1.165) is 0 Å². The van der Waals surface area contributed by atoms with Crippen LogP contribution in [0.4, 0.5) is 0 Å². The van der Waals surface area contributed by atoms with Crippen LogP contribution in [0.5, 0.6) is 0 Å². The highest BCUT2D eigenvalue weighted by Gasteiger charge is 2.53. The number of carbonyl (C=O) groups excluding carboxylic acids is 2. The number of carbonyl (C=O) groups is 2. The number of cyclic esters (lactones) is 1. The van der Waals surface area contributed by atoms with Gasteiger partial charge in [-0.1, -0.05) is 34.1 Å². The van der Waals surface area contributed by atoms with Gasteiger partial charge < -0.3 is 58.5 Å². The van der Waals surface area contributed by atoms with Gasteiger partial charge in [0.1, 0.15) is 23.7 Å². The minimum Gasteiger partial charge on any atom is -0.469 e. The highest BCUT2D eigenvalue weighted by Crippen LogP contribution is 2.41. The van der Waals surface area contributed by atoms with Crippen molar-refractivity contribution in [3.63, 3.8) is 0 Å². The molecule has 14 nitrogen and oxygen atoms in total. The van der Waals surface area contributed by atoms with Crippen LogP contribution in [-0.4, -0.2) is 144 Å². The first-order valence-electron chi connectivity index (χ1n) is 19.9. The number of hydrogen-bond acceptors (Lipinski definition) is 14. The molecule has 0 saturated carbocycles. The number of methoxy groups -OCH3 is 2. The third-order valence-electron chi connectivity index (χ3n) is 12.6. The molecule has 0 radical (unpaired) electrons. The predicted molar refractivity (Wildman–Crippen MR) is 200 cm³/mol. The van der Waals surface area contributed by atoms with Crippen molar-refractivity contribution in [1.82, 2.24) is 4.90 Å². The summed E-state index contributed by atoms with van der Waals surface area (Å²) in [6.07, 6.45) is -6.11. The van der Waals surface area contributed by atoms with E-state index >= 15 is 0 Å². The van der Waals surface area contributed by atoms with Crippen LogP contribution in [0.15, 0.2) is 0 Å². The van der Waals surface area contributed by atoms with Crippen LogP contribution in [0, 0.1) is 29.6 Å². The topological polar surface area (TPSA) is 183 Å². The van der Waals surface area contributed by atoms with Crippen LogP contribution in [0.3, 0.4) is 0 Å². The second kappa shape index (κ2) is 18.9. The second-order valence-electron chi connectivity index (χ2n) is 17.6. The van der Waals surface area contributed by atoms with E-state index in [2.05, 4.69) is 0 Å². The lowest BCUT2D eigenvalue weighted by molar-refractivity contribution is -0.312. The fraction of sp³-hybridized carbons (Fsp3) is 0.950. The zero-order chi connectivity index (χ0) is 41.1. The highest BCUT2D eigenvalue weighted by atomic mass is 16.7. The molecule has 3 aliphatic heterocycles. The van der Waals surface area contributed by atoms with Gasteiger partial charge in [0.05, 0.1) is 54.7 Å². The molecule has 0 aromatic rings. The maximum Gasteiger partial charge on any atom is 0.315 e. The fourth-order valence-electron chi connectivity index (χ4n) is 9.10. The standard InChI is InChI=1S/C40H73NO13/c1-15-28-40(10,47)32(42)22(3)17-16-21(2)19-38(8,46)34(54-37-30(36(45)48-13)27(41(11)12)18-23(4)50-37)24(5)31(25(6)35(44)52-28)53-29-20-39(9,49-14)33(43)26(7)51-29/h21-34,37,42-43,46-47H,15-20H2,1-14H3/t21-,22-,23+,24-,25+,26-,27?,28+,29?,30?,31?,32?,33?,34?,37?,38?,39?,40?/m0/s1. The van der Waals surface area contributed by atoms with Gasteiger partial charge in [0, 0.05) is 25.5 Å². The maximum atomic E-state index is 14.3. The summed E-state index contributed by atoms with van der Waals surface area (Å²) in [5.74, 6) is -4.31. The average Bonchev–Trinajstić information content (AvgIpc) is 3.10. The summed E-state index contributed by atoms with van der Waals surface area (Å²) < 4.78 is 43.2. The van der Waals surface area contributed by atoms with Crippen LogP contribution in [-0.2, 0) is 42.7 Å². The van der Waals surface area contributed by atoms with Crippen LogP contribution in [0.1, 0.15) is 108 Å². The normalized spacial score (nSPS) is 47.7. The van der Waals surface area contributed by atoms with Crippen LogP contribution < -0.4 is 0 Å². The maximum absolute atomic E-state index is 14.3. The molecule has 3 fully saturated rings. The van der Waals surface area contributed by atoms with E-state index in [9.17, 15) is 30.0 Å². The van der Waals surface area contributed by atoms with Crippen molar-refractivity contribution in [2.45, 2.75) is 186 Å². The summed E-state index contributed by atoms with van der Waals surface area (Å²) in [7, 11) is 6.59. The summed E-state index contributed by atoms with van der Waals surface area (Å²) in [5.41, 5.74) is -4.36. The summed E-state index contributed by atoms with van der Waals surface area (Å²) in [6, 6.07) is -0.296. The molecule has 3 rings (SSSR count). The largest absolute Gasteiger partial charge is 0.469 e. The zero-order valence-corrected chi connectivity index (χ0v) is 35.3. The van der Waals surface area contributed by atoms with Gasteiger partial charge in [-0.25, -0.2) is 0 Å². The van der Waals surface area contributed by atoms with E-state index < -0.39 is 95.7 Å². The Balaban J connectivity index is 2.21. The van der Waals surface area contributed by atoms with Crippen molar-refractivity contribution in [3.8, 4) is 0 Å². The summed E-state index contributed by atoms with van der Waals surface area (Å²) in [5, 5.41) is 46.6. The van der Waals surface area contributed by atoms with Gasteiger partial charge in [-0.2, -0.15) is 0 Å². The molecular weight excluding hydrogens is 702 g/mol. The Morgan fingerprint density at radius 2 is 1.56 bits per heavy atom. The van der Waals surface area contributed by atoms with E-state index in [0.29, 0.717) is 19.3 Å². The number of aliphatic hydroxyl groups excluding tert-OH is 2. The van der Waals surface area contributed by atoms with Gasteiger partial charge in [-0.15, -0.1) is 0 Å². The number of esters is 2. The molecule has 0 bridgehead atoms. The average molecular weight is 776 g/mol. The molecule has 3 heterocycles. The number of aliphatic hydroxyl groups is 4. The van der Waals surface area contributed by atoms with Crippen molar-refractivity contribution in [2.75, 3.05) is 28.3 Å². The fourth-order valence-corrected chi connectivity index (χ4v) is 9.10. The number of nitrogens with zero attached hydrogens (tertiary/aromatic N) is 1. The molecule has 4 N–H and O–H groups in total. The Hall–Kier alpha value is -1.46. The third-order valence-corrected chi connectivity index (χ3v) is 12.6. The molecule has 0 aromatic carbocycles. The van der Waals surface area contributed by atoms with E-state index in [1.54, 1.807) is 34.6 Å². The molecule has 14 heteroatoms. The Kier molecular flexibility index (Phi) is 16.4. The van der Waals surface area contributed by atoms with Crippen LogP contribution in [0.2, 0.25) is 0 Å². The molecule has 3 saturated heterocycles. The smallest absolute Gasteiger partial charge is 0.315 e. The molecule has 316 valence electrons. The van der Waals surface area contributed by atoms with Crippen molar-refractivity contribution < 1.29 is 63.2 Å². The minimum atomic E-state index is -1.76. The van der Waals surface area contributed by atoms with Crippen molar-refractivity contribution in [1.29, 1.82) is 0 Å². The van der Waals surface area contributed by atoms with Gasteiger partial charge in [-0.3, -0.25) is 9.59 Å². The molecule has 54 heavy (non-hydrogen) atoms. The Morgan fingerprint density at radius 1 is 0.926 bits per heavy atom. The Labute approximate surface area is 323 Å². The molecule has 11 unspecified atom stereocenters. The second-order valence-corrected chi connectivity index (χ2v) is 17.6. The van der Waals surface area contributed by atoms with E-state index in [-0.39, 0.29) is 43.2 Å². The van der Waals surface area contributed by atoms with Crippen LogP contribution >= 0.6 is 0 Å². The first-order chi connectivity index (χ1) is 24.9. The molecule has 3 aliphatic rings. The van der Waals surface area contributed by atoms with Gasteiger partial charge in [-0.05, 0) is 93.2 Å². The predicted octanol–water partition coefficient (Wildman–Crippen LogP) is 3.43. The SMILES string of the molecule is CC[C@H]1OC(=O)[C@H](C)C(OC2CC(C)(OC)C(O)[C@H](C)O2)[C@H](C)C(OC2O[C@H](C)CC(N(C)C)C2C(=O)OC)C(C)(O)C[C@@H](C)CC[C@H](C)C(O)C1(C)O. The number of hydrogen-bond donors (Lipinski definition) is 4. The van der Waals surface area contributed by atoms with E-state index in [4.69, 9.17) is 33.2 Å². The van der Waals surface area contributed by atoms with Gasteiger partial charge in [0.2, 0.25) is 0 Å². The lowest BCUT2D eigenvalue weighted by Crippen LogP contribution is -2.60. The lowest BCUT2D eigenvalue weighted by atomic mass is 9.76. The first kappa shape index (κ1) is 46.9. The summed E-state index contributed by atoms with van der Waals surface area (Å²) in [4.78, 5) is 29.6. The van der Waals surface area contributed by atoms with Crippen molar-refractivity contribution in [3.05, 3.63) is 0 Å². The zero-order valence-electron chi connectivity index (χ0n) is 35.3. The monoisotopic (exact) mass is 776 g/mol. The van der Waals surface area contributed by atoms with E-state index in [1.165, 1.54) is 21.1 Å². The van der Waals surface area contributed by atoms with Crippen molar-refractivity contribution >= 4 is 11.9 Å². The first-order valence-corrected chi connectivity index (χ1v) is 19.9. The highest BCUT2D eigenvalue weighted by molar-refractivity contribution is 5.74. The number of ether oxygens (including phenoxy) is 7. The Morgan fingerprint density at radius 3 is 2.11 bits per heavy atom. The van der Waals surface area contributed by atoms with Gasteiger partial charge in [0.15, 0.2) is 12.6 Å². The molecular formula is C40H73NO13. The minimum absolute atomic E-state index is 0.0803.